The summed E-state index contributed by atoms with van der Waals surface area (Å²) in [5.74, 6) is 0.580. The van der Waals surface area contributed by atoms with Crippen LogP contribution in [0.15, 0.2) is 54.6 Å². The first-order valence-corrected chi connectivity index (χ1v) is 12.6. The number of amides is 3. The molecule has 2 aliphatic heterocycles. The van der Waals surface area contributed by atoms with Crippen molar-refractivity contribution >= 4 is 40.7 Å². The van der Waals surface area contributed by atoms with Crippen LogP contribution in [-0.4, -0.2) is 72.4 Å². The van der Waals surface area contributed by atoms with E-state index in [1.807, 2.05) is 49.1 Å². The molecule has 0 saturated carbocycles. The van der Waals surface area contributed by atoms with Crippen LogP contribution in [0.3, 0.4) is 0 Å². The number of anilines is 2. The molecule has 192 valence electrons. The number of rotatable bonds is 7. The van der Waals surface area contributed by atoms with Crippen molar-refractivity contribution in [1.29, 1.82) is 0 Å². The number of likely N-dealkylation sites (tertiary alicyclic amines) is 1. The van der Waals surface area contributed by atoms with Crippen molar-refractivity contribution in [2.45, 2.75) is 32.2 Å². The highest BCUT2D eigenvalue weighted by Gasteiger charge is 2.54. The topological polar surface area (TPSA) is 82.2 Å². The number of hydrogen-bond acceptors (Lipinski definition) is 5. The minimum absolute atomic E-state index is 0.000201. The van der Waals surface area contributed by atoms with E-state index in [0.29, 0.717) is 44.0 Å². The summed E-state index contributed by atoms with van der Waals surface area (Å²) in [5, 5.41) is 2.86. The van der Waals surface area contributed by atoms with E-state index < -0.39 is 11.0 Å². The Balaban J connectivity index is 1.51. The molecule has 0 unspecified atom stereocenters. The third-order valence-corrected chi connectivity index (χ3v) is 7.75. The lowest BCUT2D eigenvalue weighted by Crippen LogP contribution is -2.58. The summed E-state index contributed by atoms with van der Waals surface area (Å²) >= 11 is 6.03. The number of carbonyl (C=O) groups is 3. The zero-order valence-electron chi connectivity index (χ0n) is 21.0. The number of nitrogens with zero attached hydrogens (tertiary/aromatic N) is 3. The molecule has 0 radical (unpaired) electrons. The molecule has 0 bridgehead atoms. The summed E-state index contributed by atoms with van der Waals surface area (Å²) in [6, 6.07) is 16.8. The zero-order valence-corrected chi connectivity index (χ0v) is 21.8. The van der Waals surface area contributed by atoms with Gasteiger partial charge in [0.15, 0.2) is 0 Å². The van der Waals surface area contributed by atoms with E-state index in [9.17, 15) is 14.4 Å². The normalized spacial score (nSPS) is 17.4. The maximum atomic E-state index is 13.8. The first-order valence-electron chi connectivity index (χ1n) is 12.1. The quantitative estimate of drug-likeness (QED) is 0.574. The molecule has 3 amide bonds. The number of ether oxygens (including phenoxy) is 1. The summed E-state index contributed by atoms with van der Waals surface area (Å²) < 4.78 is 5.16. The summed E-state index contributed by atoms with van der Waals surface area (Å²) in [4.78, 5) is 45.2. The summed E-state index contributed by atoms with van der Waals surface area (Å²) in [5.41, 5.74) is 0.0978. The maximum absolute atomic E-state index is 13.8. The van der Waals surface area contributed by atoms with Gasteiger partial charge in [-0.25, -0.2) is 0 Å². The Morgan fingerprint density at radius 3 is 2.28 bits per heavy atom. The Hall–Kier alpha value is -3.26. The van der Waals surface area contributed by atoms with Crippen molar-refractivity contribution in [2.24, 2.45) is 5.41 Å². The van der Waals surface area contributed by atoms with Gasteiger partial charge in [-0.1, -0.05) is 18.2 Å². The fourth-order valence-electron chi connectivity index (χ4n) is 4.94. The standard InChI is InChI=1S/C27H33ClN4O4/c1-26(2,18-28)24(34)30-15-13-27(14-16-30)25(35)31(19-32(27)21-7-5-4-6-8-21)17-23(33)29-20-9-11-22(36-3)12-10-20/h4-12H,13-19H2,1-3H3,(H,29,33). The molecule has 0 aliphatic carbocycles. The summed E-state index contributed by atoms with van der Waals surface area (Å²) in [6.45, 7) is 4.85. The van der Waals surface area contributed by atoms with E-state index in [2.05, 4.69) is 10.2 Å². The molecular weight excluding hydrogens is 480 g/mol. The number of benzene rings is 2. The van der Waals surface area contributed by atoms with E-state index in [4.69, 9.17) is 16.3 Å². The van der Waals surface area contributed by atoms with Crippen LogP contribution in [0.1, 0.15) is 26.7 Å². The van der Waals surface area contributed by atoms with Gasteiger partial charge >= 0.3 is 0 Å². The van der Waals surface area contributed by atoms with Gasteiger partial charge < -0.3 is 24.8 Å². The molecule has 2 aliphatic rings. The number of para-hydroxylation sites is 1. The van der Waals surface area contributed by atoms with Gasteiger partial charge in [0.05, 0.1) is 19.2 Å². The van der Waals surface area contributed by atoms with Gasteiger partial charge in [-0.3, -0.25) is 14.4 Å². The highest BCUT2D eigenvalue weighted by atomic mass is 35.5. The predicted octanol–water partition coefficient (Wildman–Crippen LogP) is 3.57. The van der Waals surface area contributed by atoms with Gasteiger partial charge in [0, 0.05) is 30.3 Å². The second kappa shape index (κ2) is 10.4. The SMILES string of the molecule is COc1ccc(NC(=O)CN2CN(c3ccccc3)C3(CCN(C(=O)C(C)(C)CCl)CC3)C2=O)cc1. The van der Waals surface area contributed by atoms with Crippen LogP contribution in [0.25, 0.3) is 0 Å². The number of carbonyl (C=O) groups excluding carboxylic acids is 3. The summed E-state index contributed by atoms with van der Waals surface area (Å²) in [7, 11) is 1.58. The molecule has 8 nitrogen and oxygen atoms in total. The smallest absolute Gasteiger partial charge is 0.250 e. The molecule has 2 heterocycles. The Kier molecular flexibility index (Phi) is 7.45. The molecule has 0 atom stereocenters. The number of nitrogens with one attached hydrogen (secondary N) is 1. The van der Waals surface area contributed by atoms with Crippen molar-refractivity contribution in [2.75, 3.05) is 49.5 Å². The number of hydrogen-bond donors (Lipinski definition) is 1. The maximum Gasteiger partial charge on any atom is 0.250 e. The average molecular weight is 513 g/mol. The molecule has 2 saturated heterocycles. The fourth-order valence-corrected chi connectivity index (χ4v) is 5.05. The predicted molar refractivity (Wildman–Crippen MR) is 140 cm³/mol. The molecular formula is C27H33ClN4O4. The lowest BCUT2D eigenvalue weighted by molar-refractivity contribution is -0.143. The minimum atomic E-state index is -0.802. The molecule has 0 aromatic heterocycles. The third kappa shape index (κ3) is 5.00. The van der Waals surface area contributed by atoms with Crippen LogP contribution in [0.5, 0.6) is 5.75 Å². The van der Waals surface area contributed by atoms with Gasteiger partial charge in [-0.2, -0.15) is 0 Å². The molecule has 1 N–H and O–H groups in total. The number of halogens is 1. The van der Waals surface area contributed by atoms with Crippen LogP contribution < -0.4 is 15.0 Å². The molecule has 1 spiro atoms. The van der Waals surface area contributed by atoms with Gasteiger partial charge in [-0.05, 0) is 63.1 Å². The van der Waals surface area contributed by atoms with E-state index in [1.165, 1.54) is 0 Å². The highest BCUT2D eigenvalue weighted by Crippen LogP contribution is 2.40. The Labute approximate surface area is 217 Å². The number of methoxy groups -OCH3 is 1. The van der Waals surface area contributed by atoms with E-state index in [1.54, 1.807) is 36.3 Å². The van der Waals surface area contributed by atoms with Crippen molar-refractivity contribution in [3.8, 4) is 5.75 Å². The van der Waals surface area contributed by atoms with Crippen molar-refractivity contribution in [3.63, 3.8) is 0 Å². The third-order valence-electron chi connectivity index (χ3n) is 7.08. The highest BCUT2D eigenvalue weighted by molar-refractivity contribution is 6.19. The molecule has 9 heteroatoms. The van der Waals surface area contributed by atoms with Crippen LogP contribution in [0.2, 0.25) is 0 Å². The molecule has 2 aromatic carbocycles. The Morgan fingerprint density at radius 1 is 1.06 bits per heavy atom. The average Bonchev–Trinajstić information content (AvgIpc) is 3.15. The molecule has 2 fully saturated rings. The van der Waals surface area contributed by atoms with Crippen molar-refractivity contribution in [1.82, 2.24) is 9.80 Å². The fraction of sp³-hybridized carbons (Fsp3) is 0.444. The van der Waals surface area contributed by atoms with E-state index in [0.717, 1.165) is 5.69 Å². The second-order valence-corrected chi connectivity index (χ2v) is 10.3. The Morgan fingerprint density at radius 2 is 1.69 bits per heavy atom. The van der Waals surface area contributed by atoms with Gasteiger partial charge in [-0.15, -0.1) is 11.6 Å². The van der Waals surface area contributed by atoms with Gasteiger partial charge in [0.2, 0.25) is 11.8 Å². The van der Waals surface area contributed by atoms with Crippen LogP contribution in [0.4, 0.5) is 11.4 Å². The summed E-state index contributed by atoms with van der Waals surface area (Å²) in [6.07, 6.45) is 0.975. The van der Waals surface area contributed by atoms with Gasteiger partial charge in [0.1, 0.15) is 17.8 Å². The first kappa shape index (κ1) is 25.8. The van der Waals surface area contributed by atoms with E-state index in [-0.39, 0.29) is 30.1 Å². The number of alkyl halides is 1. The first-order chi connectivity index (χ1) is 17.2. The van der Waals surface area contributed by atoms with Crippen molar-refractivity contribution < 1.29 is 19.1 Å². The molecule has 2 aromatic rings. The van der Waals surface area contributed by atoms with Crippen molar-refractivity contribution in [3.05, 3.63) is 54.6 Å². The number of piperidine rings is 1. The zero-order chi connectivity index (χ0) is 25.9. The lowest BCUT2D eigenvalue weighted by atomic mass is 9.84. The molecule has 4 rings (SSSR count). The minimum Gasteiger partial charge on any atom is -0.497 e. The van der Waals surface area contributed by atoms with Crippen LogP contribution in [-0.2, 0) is 14.4 Å². The van der Waals surface area contributed by atoms with Gasteiger partial charge in [0.25, 0.3) is 5.91 Å². The van der Waals surface area contributed by atoms with Crippen LogP contribution in [0, 0.1) is 5.41 Å². The van der Waals surface area contributed by atoms with E-state index >= 15 is 0 Å². The molecule has 36 heavy (non-hydrogen) atoms. The largest absolute Gasteiger partial charge is 0.497 e. The second-order valence-electron chi connectivity index (χ2n) is 10.0. The van der Waals surface area contributed by atoms with Crippen LogP contribution >= 0.6 is 11.6 Å². The Bertz CT molecular complexity index is 1100. The lowest BCUT2D eigenvalue weighted by Gasteiger charge is -2.44. The monoisotopic (exact) mass is 512 g/mol.